The van der Waals surface area contributed by atoms with E-state index in [1.165, 1.54) is 5.56 Å². The molecule has 0 unspecified atom stereocenters. The lowest BCUT2D eigenvalue weighted by Crippen LogP contribution is -2.10. The van der Waals surface area contributed by atoms with Gasteiger partial charge in [0.05, 0.1) is 23.4 Å². The smallest absolute Gasteiger partial charge is 0.168 e. The molecule has 0 saturated carbocycles. The normalized spacial score (nSPS) is 11.3. The third-order valence-corrected chi connectivity index (χ3v) is 3.71. The molecule has 0 fully saturated rings. The van der Waals surface area contributed by atoms with Crippen LogP contribution in [0.5, 0.6) is 0 Å². The van der Waals surface area contributed by atoms with Crippen LogP contribution < -0.4 is 5.32 Å². The van der Waals surface area contributed by atoms with Crippen LogP contribution in [-0.4, -0.2) is 39.0 Å². The predicted molar refractivity (Wildman–Crippen MR) is 95.6 cm³/mol. The van der Waals surface area contributed by atoms with Crippen LogP contribution in [0.2, 0.25) is 0 Å². The van der Waals surface area contributed by atoms with Gasteiger partial charge in [-0.15, -0.1) is 0 Å². The maximum absolute atomic E-state index is 5.55. The monoisotopic (exact) mass is 325 g/mol. The van der Waals surface area contributed by atoms with Gasteiger partial charge in [-0.1, -0.05) is 17.7 Å². The van der Waals surface area contributed by atoms with Gasteiger partial charge in [0.2, 0.25) is 0 Å². The van der Waals surface area contributed by atoms with Crippen molar-refractivity contribution >= 4 is 16.9 Å². The molecule has 2 heterocycles. The number of rotatable bonds is 7. The molecule has 24 heavy (non-hydrogen) atoms. The molecule has 0 aliphatic heterocycles. The van der Waals surface area contributed by atoms with Crippen molar-refractivity contribution in [2.75, 3.05) is 18.5 Å². The number of hydrogen-bond acceptors (Lipinski definition) is 5. The second kappa shape index (κ2) is 7.40. The maximum atomic E-state index is 5.55. The van der Waals surface area contributed by atoms with E-state index in [9.17, 15) is 0 Å². The zero-order chi connectivity index (χ0) is 16.9. The second-order valence-electron chi connectivity index (χ2n) is 6.05. The van der Waals surface area contributed by atoms with Crippen LogP contribution in [0.25, 0.3) is 16.7 Å². The lowest BCUT2D eigenvalue weighted by atomic mass is 10.2. The Hall–Kier alpha value is -2.47. The number of hydrogen-bond donors (Lipinski definition) is 1. The molecule has 0 spiro atoms. The van der Waals surface area contributed by atoms with Crippen LogP contribution in [0.3, 0.4) is 0 Å². The van der Waals surface area contributed by atoms with Gasteiger partial charge in [-0.2, -0.15) is 5.10 Å². The van der Waals surface area contributed by atoms with Crippen molar-refractivity contribution in [1.29, 1.82) is 0 Å². The summed E-state index contributed by atoms with van der Waals surface area (Å²) in [5.74, 6) is 0.808. The average molecular weight is 325 g/mol. The van der Waals surface area contributed by atoms with Gasteiger partial charge >= 0.3 is 0 Å². The number of aryl methyl sites for hydroxylation is 1. The van der Waals surface area contributed by atoms with E-state index < -0.39 is 0 Å². The fourth-order valence-electron chi connectivity index (χ4n) is 2.46. The first-order valence-corrected chi connectivity index (χ1v) is 8.26. The number of benzene rings is 1. The number of nitrogens with zero attached hydrogens (tertiary/aromatic N) is 4. The summed E-state index contributed by atoms with van der Waals surface area (Å²) in [4.78, 5) is 8.74. The summed E-state index contributed by atoms with van der Waals surface area (Å²) >= 11 is 0. The highest BCUT2D eigenvalue weighted by Gasteiger charge is 2.10. The Morgan fingerprint density at radius 2 is 1.96 bits per heavy atom. The fourth-order valence-corrected chi connectivity index (χ4v) is 2.46. The first kappa shape index (κ1) is 16.4. The van der Waals surface area contributed by atoms with Gasteiger partial charge in [0, 0.05) is 13.2 Å². The molecule has 6 heteroatoms. The minimum atomic E-state index is 0.267. The Kier molecular flexibility index (Phi) is 5.05. The third-order valence-electron chi connectivity index (χ3n) is 3.71. The van der Waals surface area contributed by atoms with E-state index in [0.717, 1.165) is 42.1 Å². The summed E-state index contributed by atoms with van der Waals surface area (Å²) in [6, 6.07) is 8.22. The highest BCUT2D eigenvalue weighted by Crippen LogP contribution is 2.21. The molecule has 1 aromatic carbocycles. The van der Waals surface area contributed by atoms with Crippen molar-refractivity contribution in [3.63, 3.8) is 0 Å². The van der Waals surface area contributed by atoms with Crippen LogP contribution in [0.4, 0.5) is 5.82 Å². The van der Waals surface area contributed by atoms with Crippen LogP contribution >= 0.6 is 0 Å². The summed E-state index contributed by atoms with van der Waals surface area (Å²) in [5, 5.41) is 8.74. The molecular formula is C18H23N5O. The molecule has 126 valence electrons. The van der Waals surface area contributed by atoms with E-state index in [0.29, 0.717) is 0 Å². The van der Waals surface area contributed by atoms with Crippen molar-refractivity contribution in [3.05, 3.63) is 42.4 Å². The largest absolute Gasteiger partial charge is 0.379 e. The zero-order valence-corrected chi connectivity index (χ0v) is 14.4. The highest BCUT2D eigenvalue weighted by molar-refractivity contribution is 5.87. The summed E-state index contributed by atoms with van der Waals surface area (Å²) < 4.78 is 7.39. The van der Waals surface area contributed by atoms with E-state index in [4.69, 9.17) is 4.74 Å². The molecule has 0 aliphatic rings. The minimum absolute atomic E-state index is 0.267. The molecule has 6 nitrogen and oxygen atoms in total. The summed E-state index contributed by atoms with van der Waals surface area (Å²) in [6.07, 6.45) is 4.57. The number of anilines is 1. The number of ether oxygens (including phenoxy) is 1. The second-order valence-corrected chi connectivity index (χ2v) is 6.05. The van der Waals surface area contributed by atoms with Crippen LogP contribution in [0, 0.1) is 6.92 Å². The quantitative estimate of drug-likeness (QED) is 0.675. The summed E-state index contributed by atoms with van der Waals surface area (Å²) in [5.41, 5.74) is 3.01. The van der Waals surface area contributed by atoms with Crippen molar-refractivity contribution in [2.24, 2.45) is 0 Å². The average Bonchev–Trinajstić information content (AvgIpc) is 3.00. The van der Waals surface area contributed by atoms with E-state index in [1.807, 2.05) is 36.9 Å². The predicted octanol–water partition coefficient (Wildman–Crippen LogP) is 3.35. The van der Waals surface area contributed by atoms with Gasteiger partial charge in [0.25, 0.3) is 0 Å². The van der Waals surface area contributed by atoms with Crippen molar-refractivity contribution in [3.8, 4) is 5.69 Å². The van der Waals surface area contributed by atoms with E-state index in [1.54, 1.807) is 6.33 Å². The van der Waals surface area contributed by atoms with Crippen molar-refractivity contribution in [2.45, 2.75) is 33.3 Å². The van der Waals surface area contributed by atoms with Crippen LogP contribution in [-0.2, 0) is 4.74 Å². The molecule has 0 saturated heterocycles. The molecule has 1 N–H and O–H groups in total. The molecular weight excluding hydrogens is 302 g/mol. The van der Waals surface area contributed by atoms with E-state index >= 15 is 0 Å². The Morgan fingerprint density at radius 1 is 1.17 bits per heavy atom. The van der Waals surface area contributed by atoms with Crippen molar-refractivity contribution < 1.29 is 4.74 Å². The Bertz CT molecular complexity index is 795. The fraction of sp³-hybridized carbons (Fsp3) is 0.389. The lowest BCUT2D eigenvalue weighted by molar-refractivity contribution is 0.0787. The molecule has 0 atom stereocenters. The van der Waals surface area contributed by atoms with Gasteiger partial charge in [0.15, 0.2) is 5.65 Å². The lowest BCUT2D eigenvalue weighted by Gasteiger charge is -2.09. The van der Waals surface area contributed by atoms with E-state index in [-0.39, 0.29) is 6.10 Å². The van der Waals surface area contributed by atoms with Gasteiger partial charge < -0.3 is 10.1 Å². The number of fused-ring (bicyclic) bond motifs is 1. The topological polar surface area (TPSA) is 64.9 Å². The first-order chi connectivity index (χ1) is 11.6. The number of aromatic nitrogens is 4. The molecule has 3 aromatic rings. The zero-order valence-electron chi connectivity index (χ0n) is 14.4. The first-order valence-electron chi connectivity index (χ1n) is 8.26. The standard InChI is InChI=1S/C18H23N5O/c1-13(2)24-10-4-9-19-17-16-11-22-23(18(16)21-12-20-17)15-7-5-14(3)6-8-15/h5-8,11-13H,4,9-10H2,1-3H3,(H,19,20,21). The molecule has 3 rings (SSSR count). The van der Waals surface area contributed by atoms with Gasteiger partial charge in [-0.25, -0.2) is 14.6 Å². The van der Waals surface area contributed by atoms with Crippen LogP contribution in [0.15, 0.2) is 36.8 Å². The Labute approximate surface area is 141 Å². The molecule has 0 amide bonds. The van der Waals surface area contributed by atoms with Gasteiger partial charge in [-0.3, -0.25) is 0 Å². The summed E-state index contributed by atoms with van der Waals surface area (Å²) in [7, 11) is 0. The van der Waals surface area contributed by atoms with Crippen LogP contribution in [0.1, 0.15) is 25.8 Å². The van der Waals surface area contributed by atoms with Gasteiger partial charge in [0.1, 0.15) is 12.1 Å². The Morgan fingerprint density at radius 3 is 2.71 bits per heavy atom. The van der Waals surface area contributed by atoms with Crippen molar-refractivity contribution in [1.82, 2.24) is 19.7 Å². The molecule has 2 aromatic heterocycles. The van der Waals surface area contributed by atoms with Gasteiger partial charge in [-0.05, 0) is 39.3 Å². The Balaban J connectivity index is 1.75. The summed E-state index contributed by atoms with van der Waals surface area (Å²) in [6.45, 7) is 7.69. The molecule has 0 radical (unpaired) electrons. The highest BCUT2D eigenvalue weighted by atomic mass is 16.5. The van der Waals surface area contributed by atoms with E-state index in [2.05, 4.69) is 39.4 Å². The third kappa shape index (κ3) is 3.71. The number of nitrogens with one attached hydrogen (secondary N) is 1. The maximum Gasteiger partial charge on any atom is 0.168 e. The molecule has 0 bridgehead atoms. The SMILES string of the molecule is Cc1ccc(-n2ncc3c(NCCCOC(C)C)ncnc32)cc1. The minimum Gasteiger partial charge on any atom is -0.379 e. The molecule has 0 aliphatic carbocycles.